The average Bonchev–Trinajstić information content (AvgIpc) is 2.62. The molecule has 0 bridgehead atoms. The number of allylic oxidation sites excluding steroid dienone is 2. The van der Waals surface area contributed by atoms with Gasteiger partial charge in [-0.1, -0.05) is 11.1 Å². The summed E-state index contributed by atoms with van der Waals surface area (Å²) in [5.74, 6) is -0.807. The molecule has 2 heterocycles. The molecule has 164 valence electrons. The number of ether oxygens (including phenoxy) is 3. The van der Waals surface area contributed by atoms with Crippen molar-refractivity contribution >= 4 is 22.9 Å². The molecule has 0 saturated heterocycles. The van der Waals surface area contributed by atoms with Gasteiger partial charge in [-0.2, -0.15) is 0 Å². The van der Waals surface area contributed by atoms with E-state index in [-0.39, 0.29) is 5.58 Å². The van der Waals surface area contributed by atoms with Crippen molar-refractivity contribution < 1.29 is 28.2 Å². The third kappa shape index (κ3) is 4.87. The number of carbonyl (C=O) groups excluding carboxylic acids is 2. The molecule has 0 saturated carbocycles. The lowest BCUT2D eigenvalue weighted by atomic mass is 9.87. The fraction of sp³-hybridized carbons (Fsp3) is 0.375. The van der Waals surface area contributed by atoms with Crippen LogP contribution in [0.2, 0.25) is 0 Å². The van der Waals surface area contributed by atoms with Gasteiger partial charge in [-0.25, -0.2) is 14.4 Å². The van der Waals surface area contributed by atoms with E-state index < -0.39 is 35.4 Å². The normalized spacial score (nSPS) is 18.9. The van der Waals surface area contributed by atoms with Gasteiger partial charge in [0.05, 0.1) is 5.56 Å². The van der Waals surface area contributed by atoms with Crippen LogP contribution in [0.15, 0.2) is 56.8 Å². The van der Waals surface area contributed by atoms with Gasteiger partial charge in [0.15, 0.2) is 12.2 Å². The second kappa shape index (κ2) is 8.41. The van der Waals surface area contributed by atoms with Crippen LogP contribution < -0.4 is 10.4 Å². The predicted octanol–water partition coefficient (Wildman–Crippen LogP) is 4.39. The van der Waals surface area contributed by atoms with E-state index in [4.69, 9.17) is 18.6 Å². The molecule has 1 aromatic carbocycles. The van der Waals surface area contributed by atoms with Crippen LogP contribution in [0.4, 0.5) is 0 Å². The van der Waals surface area contributed by atoms with Crippen LogP contribution in [0.3, 0.4) is 0 Å². The van der Waals surface area contributed by atoms with Gasteiger partial charge in [0.2, 0.25) is 0 Å². The van der Waals surface area contributed by atoms with Crippen molar-refractivity contribution in [3.05, 3.63) is 63.5 Å². The summed E-state index contributed by atoms with van der Waals surface area (Å²) in [6.45, 7) is 10.6. The minimum atomic E-state index is -1.05. The number of benzene rings is 1. The summed E-state index contributed by atoms with van der Waals surface area (Å²) in [6, 6.07) is 6.38. The molecule has 0 amide bonds. The van der Waals surface area contributed by atoms with Crippen molar-refractivity contribution in [2.24, 2.45) is 0 Å². The number of carbonyl (C=O) groups is 2. The fourth-order valence-corrected chi connectivity index (χ4v) is 3.47. The molecule has 3 rings (SSSR count). The zero-order valence-electron chi connectivity index (χ0n) is 18.5. The Bertz CT molecular complexity index is 1140. The molecule has 1 aromatic heterocycles. The van der Waals surface area contributed by atoms with Crippen LogP contribution in [0.5, 0.6) is 5.75 Å². The van der Waals surface area contributed by atoms with Gasteiger partial charge in [0, 0.05) is 23.6 Å². The first kappa shape index (κ1) is 22.3. The van der Waals surface area contributed by atoms with Crippen LogP contribution in [0.25, 0.3) is 11.0 Å². The zero-order chi connectivity index (χ0) is 22.9. The average molecular weight is 426 g/mol. The van der Waals surface area contributed by atoms with Gasteiger partial charge in [-0.3, -0.25) is 0 Å². The molecule has 0 aliphatic carbocycles. The van der Waals surface area contributed by atoms with Crippen molar-refractivity contribution in [2.45, 2.75) is 59.4 Å². The summed E-state index contributed by atoms with van der Waals surface area (Å²) >= 11 is 0. The van der Waals surface area contributed by atoms with E-state index in [1.165, 1.54) is 18.2 Å². The molecule has 0 fully saturated rings. The largest absolute Gasteiger partial charge is 0.483 e. The Kier molecular flexibility index (Phi) is 6.06. The van der Waals surface area contributed by atoms with E-state index in [9.17, 15) is 14.4 Å². The second-order valence-corrected chi connectivity index (χ2v) is 8.51. The molecule has 0 unspecified atom stereocenters. The predicted molar refractivity (Wildman–Crippen MR) is 115 cm³/mol. The molecular weight excluding hydrogens is 400 g/mol. The van der Waals surface area contributed by atoms with Gasteiger partial charge in [0.1, 0.15) is 16.9 Å². The molecule has 1 aliphatic rings. The first-order valence-electron chi connectivity index (χ1n) is 9.95. The van der Waals surface area contributed by atoms with E-state index in [0.29, 0.717) is 16.7 Å². The second-order valence-electron chi connectivity index (χ2n) is 8.51. The van der Waals surface area contributed by atoms with Gasteiger partial charge in [-0.05, 0) is 59.7 Å². The highest BCUT2D eigenvalue weighted by molar-refractivity contribution is 5.86. The number of fused-ring (bicyclic) bond motifs is 3. The monoisotopic (exact) mass is 426 g/mol. The lowest BCUT2D eigenvalue weighted by Gasteiger charge is -2.43. The Morgan fingerprint density at radius 1 is 0.935 bits per heavy atom. The SMILES string of the molecule is CC(C)=CC(=O)O[C@@H]1c2c(ccc3ccc(=O)oc23)OC(C)(C)[C@H]1OC(=O)C=C(C)C. The molecule has 2 atom stereocenters. The van der Waals surface area contributed by atoms with Crippen LogP contribution in [0.1, 0.15) is 53.2 Å². The molecule has 0 radical (unpaired) electrons. The molecular formula is C24H26O7. The standard InChI is InChI=1S/C24H26O7/c1-13(2)11-18(26)29-22-20-16(9-7-15-8-10-17(25)28-21(15)20)31-24(5,6)23(22)30-19(27)12-14(3)4/h7-12,22-23H,1-6H3/t22-,23+/m1/s1. The highest BCUT2D eigenvalue weighted by Crippen LogP contribution is 2.46. The number of hydrogen-bond acceptors (Lipinski definition) is 7. The fourth-order valence-electron chi connectivity index (χ4n) is 3.47. The molecule has 7 nitrogen and oxygen atoms in total. The lowest BCUT2D eigenvalue weighted by molar-refractivity contribution is -0.184. The summed E-state index contributed by atoms with van der Waals surface area (Å²) in [6.07, 6.45) is 0.654. The van der Waals surface area contributed by atoms with Crippen LogP contribution in [0, 0.1) is 0 Å². The molecule has 2 aromatic rings. The number of hydrogen-bond donors (Lipinski definition) is 0. The van der Waals surface area contributed by atoms with E-state index >= 15 is 0 Å². The number of rotatable bonds is 4. The molecule has 0 spiro atoms. The van der Waals surface area contributed by atoms with E-state index in [1.807, 2.05) is 0 Å². The zero-order valence-corrected chi connectivity index (χ0v) is 18.5. The summed E-state index contributed by atoms with van der Waals surface area (Å²) in [7, 11) is 0. The Labute approximate surface area is 180 Å². The van der Waals surface area contributed by atoms with Gasteiger partial charge < -0.3 is 18.6 Å². The summed E-state index contributed by atoms with van der Waals surface area (Å²) < 4.78 is 23.0. The minimum absolute atomic E-state index is 0.221. The van der Waals surface area contributed by atoms with Crippen LogP contribution >= 0.6 is 0 Å². The lowest BCUT2D eigenvalue weighted by Crippen LogP contribution is -2.52. The molecule has 1 aliphatic heterocycles. The van der Waals surface area contributed by atoms with Crippen molar-refractivity contribution in [1.82, 2.24) is 0 Å². The molecule has 31 heavy (non-hydrogen) atoms. The number of esters is 2. The van der Waals surface area contributed by atoms with Crippen LogP contribution in [-0.4, -0.2) is 23.6 Å². The summed E-state index contributed by atoms with van der Waals surface area (Å²) in [4.78, 5) is 37.0. The van der Waals surface area contributed by atoms with E-state index in [2.05, 4.69) is 0 Å². The minimum Gasteiger partial charge on any atom is -0.483 e. The maximum atomic E-state index is 12.6. The third-order valence-electron chi connectivity index (χ3n) is 4.71. The van der Waals surface area contributed by atoms with Crippen molar-refractivity contribution in [3.63, 3.8) is 0 Å². The first-order chi connectivity index (χ1) is 14.5. The molecule has 7 heteroatoms. The van der Waals surface area contributed by atoms with Crippen molar-refractivity contribution in [2.75, 3.05) is 0 Å². The van der Waals surface area contributed by atoms with E-state index in [0.717, 1.165) is 11.1 Å². The highest BCUT2D eigenvalue weighted by atomic mass is 16.6. The maximum absolute atomic E-state index is 12.6. The highest BCUT2D eigenvalue weighted by Gasteiger charge is 2.49. The first-order valence-corrected chi connectivity index (χ1v) is 9.95. The van der Waals surface area contributed by atoms with Crippen LogP contribution in [-0.2, 0) is 19.1 Å². The Morgan fingerprint density at radius 2 is 1.52 bits per heavy atom. The maximum Gasteiger partial charge on any atom is 0.336 e. The summed E-state index contributed by atoms with van der Waals surface area (Å²) in [5.41, 5.74) is 0.488. The topological polar surface area (TPSA) is 92.0 Å². The Balaban J connectivity index is 2.21. The molecule has 0 N–H and O–H groups in total. The van der Waals surface area contributed by atoms with Crippen molar-refractivity contribution in [3.8, 4) is 5.75 Å². The summed E-state index contributed by atoms with van der Waals surface area (Å²) in [5, 5.41) is 0.624. The Morgan fingerprint density at radius 3 is 2.13 bits per heavy atom. The van der Waals surface area contributed by atoms with Gasteiger partial charge in [-0.15, -0.1) is 0 Å². The third-order valence-corrected chi connectivity index (χ3v) is 4.71. The van der Waals surface area contributed by atoms with Gasteiger partial charge in [0.25, 0.3) is 0 Å². The smallest absolute Gasteiger partial charge is 0.336 e. The quantitative estimate of drug-likeness (QED) is 0.407. The Hall–Kier alpha value is -3.35. The van der Waals surface area contributed by atoms with Gasteiger partial charge >= 0.3 is 17.6 Å². The van der Waals surface area contributed by atoms with E-state index in [1.54, 1.807) is 59.7 Å². The van der Waals surface area contributed by atoms with Crippen molar-refractivity contribution in [1.29, 1.82) is 0 Å².